The fourth-order valence-corrected chi connectivity index (χ4v) is 3.32. The molecule has 0 aliphatic rings. The van der Waals surface area contributed by atoms with E-state index in [4.69, 9.17) is 0 Å². The van der Waals surface area contributed by atoms with E-state index in [9.17, 15) is 5.11 Å². The molecule has 0 bridgehead atoms. The van der Waals surface area contributed by atoms with Crippen molar-refractivity contribution in [3.63, 3.8) is 0 Å². The first-order valence-corrected chi connectivity index (χ1v) is 9.44. The van der Waals surface area contributed by atoms with Gasteiger partial charge in [-0.05, 0) is 40.9 Å². The molecule has 0 fully saturated rings. The number of unbranched alkanes of at least 4 members (excludes halogenated alkanes) is 5. The van der Waals surface area contributed by atoms with E-state index in [-0.39, 0.29) is 10.8 Å². The van der Waals surface area contributed by atoms with Crippen molar-refractivity contribution in [1.29, 1.82) is 0 Å². The summed E-state index contributed by atoms with van der Waals surface area (Å²) in [6, 6.07) is 4.34. The van der Waals surface area contributed by atoms with Crippen LogP contribution in [0.3, 0.4) is 0 Å². The van der Waals surface area contributed by atoms with Crippen LogP contribution in [0.15, 0.2) is 12.1 Å². The summed E-state index contributed by atoms with van der Waals surface area (Å²) in [5.74, 6) is 0.478. The molecule has 0 amide bonds. The number of phenols is 1. The van der Waals surface area contributed by atoms with Crippen LogP contribution in [0, 0.1) is 0 Å². The van der Waals surface area contributed by atoms with Crippen LogP contribution >= 0.6 is 0 Å². The number of rotatable bonds is 7. The second-order valence-electron chi connectivity index (χ2n) is 9.06. The largest absolute Gasteiger partial charge is 0.508 e. The number of hydrogen-bond acceptors (Lipinski definition) is 1. The lowest BCUT2D eigenvalue weighted by molar-refractivity contribution is 0.434. The first-order chi connectivity index (χ1) is 10.6. The highest BCUT2D eigenvalue weighted by Crippen LogP contribution is 2.40. The summed E-state index contributed by atoms with van der Waals surface area (Å²) < 4.78 is 0. The topological polar surface area (TPSA) is 20.2 Å². The maximum Gasteiger partial charge on any atom is 0.119 e. The molecule has 0 aliphatic heterocycles. The molecule has 0 radical (unpaired) electrons. The Morgan fingerprint density at radius 3 is 1.87 bits per heavy atom. The van der Waals surface area contributed by atoms with E-state index in [0.29, 0.717) is 5.75 Å². The second kappa shape index (κ2) is 8.22. The predicted octanol–water partition coefficient (Wildman–Crippen LogP) is 6.89. The maximum absolute atomic E-state index is 10.6. The lowest BCUT2D eigenvalue weighted by Crippen LogP contribution is -2.22. The molecule has 132 valence electrons. The van der Waals surface area contributed by atoms with Gasteiger partial charge in [-0.1, -0.05) is 86.6 Å². The van der Waals surface area contributed by atoms with Crippen LogP contribution in [-0.2, 0) is 17.3 Å². The zero-order valence-electron chi connectivity index (χ0n) is 16.6. The fraction of sp³-hybridized carbons (Fsp3) is 0.727. The SMILES string of the molecule is CCCCCCCCc1cc(O)c(C(C)(C)C)c(C(C)(C)C)c1. The molecule has 0 spiro atoms. The highest BCUT2D eigenvalue weighted by atomic mass is 16.3. The van der Waals surface area contributed by atoms with Crippen LogP contribution in [0.4, 0.5) is 0 Å². The summed E-state index contributed by atoms with van der Waals surface area (Å²) in [5, 5.41) is 10.6. The molecule has 1 aromatic carbocycles. The minimum Gasteiger partial charge on any atom is -0.508 e. The second-order valence-corrected chi connectivity index (χ2v) is 9.06. The van der Waals surface area contributed by atoms with E-state index in [1.807, 2.05) is 6.07 Å². The van der Waals surface area contributed by atoms with Gasteiger partial charge in [-0.25, -0.2) is 0 Å². The molecule has 0 saturated carbocycles. The minimum absolute atomic E-state index is 0.0363. The van der Waals surface area contributed by atoms with Crippen LogP contribution in [0.25, 0.3) is 0 Å². The summed E-state index contributed by atoms with van der Waals surface area (Å²) in [5.41, 5.74) is 3.71. The van der Waals surface area contributed by atoms with Crippen molar-refractivity contribution in [3.8, 4) is 5.75 Å². The van der Waals surface area contributed by atoms with Crippen LogP contribution in [0.2, 0.25) is 0 Å². The number of aromatic hydroxyl groups is 1. The molecule has 1 aromatic rings. The summed E-state index contributed by atoms with van der Waals surface area (Å²) >= 11 is 0. The molecular formula is C22H38O. The molecule has 0 saturated heterocycles. The Morgan fingerprint density at radius 1 is 0.783 bits per heavy atom. The zero-order chi connectivity index (χ0) is 17.7. The summed E-state index contributed by atoms with van der Waals surface area (Å²) in [4.78, 5) is 0. The maximum atomic E-state index is 10.6. The summed E-state index contributed by atoms with van der Waals surface area (Å²) in [6.07, 6.45) is 8.96. The lowest BCUT2D eigenvalue weighted by atomic mass is 9.74. The molecule has 0 aromatic heterocycles. The van der Waals surface area contributed by atoms with E-state index >= 15 is 0 Å². The standard InChI is InChI=1S/C22H38O/c1-8-9-10-11-12-13-14-17-15-18(21(2,3)4)20(19(23)16-17)22(5,6)7/h15-16,23H,8-14H2,1-7H3. The summed E-state index contributed by atoms with van der Waals surface area (Å²) in [7, 11) is 0. The van der Waals surface area contributed by atoms with E-state index in [1.54, 1.807) is 0 Å². The van der Waals surface area contributed by atoms with Crippen LogP contribution in [0.5, 0.6) is 5.75 Å². The van der Waals surface area contributed by atoms with Gasteiger partial charge in [-0.15, -0.1) is 0 Å². The van der Waals surface area contributed by atoms with E-state index in [1.165, 1.54) is 49.7 Å². The first kappa shape index (κ1) is 20.1. The molecule has 1 heteroatoms. The highest BCUT2D eigenvalue weighted by molar-refractivity contribution is 5.49. The Morgan fingerprint density at radius 2 is 1.35 bits per heavy atom. The highest BCUT2D eigenvalue weighted by Gasteiger charge is 2.28. The third-order valence-corrected chi connectivity index (χ3v) is 4.55. The normalized spacial score (nSPS) is 12.7. The van der Waals surface area contributed by atoms with Gasteiger partial charge in [0.05, 0.1) is 0 Å². The first-order valence-electron chi connectivity index (χ1n) is 9.44. The molecule has 0 atom stereocenters. The average molecular weight is 319 g/mol. The smallest absolute Gasteiger partial charge is 0.119 e. The number of phenolic OH excluding ortho intramolecular Hbond substituents is 1. The molecule has 1 N–H and O–H groups in total. The average Bonchev–Trinajstić information content (AvgIpc) is 2.39. The van der Waals surface area contributed by atoms with Gasteiger partial charge in [-0.2, -0.15) is 0 Å². The molecule has 0 aliphatic carbocycles. The van der Waals surface area contributed by atoms with Crippen molar-refractivity contribution in [2.45, 2.75) is 104 Å². The zero-order valence-corrected chi connectivity index (χ0v) is 16.6. The molecule has 0 unspecified atom stereocenters. The third-order valence-electron chi connectivity index (χ3n) is 4.55. The minimum atomic E-state index is -0.0363. The lowest BCUT2D eigenvalue weighted by Gasteiger charge is -2.31. The Bertz CT molecular complexity index is 486. The van der Waals surface area contributed by atoms with Crippen molar-refractivity contribution in [1.82, 2.24) is 0 Å². The van der Waals surface area contributed by atoms with Crippen molar-refractivity contribution < 1.29 is 5.11 Å². The fourth-order valence-electron chi connectivity index (χ4n) is 3.32. The van der Waals surface area contributed by atoms with Crippen LogP contribution < -0.4 is 0 Å². The van der Waals surface area contributed by atoms with Crippen LogP contribution in [-0.4, -0.2) is 5.11 Å². The molecule has 1 nitrogen and oxygen atoms in total. The van der Waals surface area contributed by atoms with Crippen molar-refractivity contribution in [2.24, 2.45) is 0 Å². The molecule has 23 heavy (non-hydrogen) atoms. The predicted molar refractivity (Wildman–Crippen MR) is 103 cm³/mol. The molecule has 1 rings (SSSR count). The van der Waals surface area contributed by atoms with Gasteiger partial charge < -0.3 is 5.11 Å². The van der Waals surface area contributed by atoms with Gasteiger partial charge in [0, 0.05) is 5.56 Å². The Balaban J connectivity index is 2.90. The Hall–Kier alpha value is -0.980. The van der Waals surface area contributed by atoms with Gasteiger partial charge in [0.15, 0.2) is 0 Å². The summed E-state index contributed by atoms with van der Waals surface area (Å²) in [6.45, 7) is 15.5. The van der Waals surface area contributed by atoms with Gasteiger partial charge >= 0.3 is 0 Å². The van der Waals surface area contributed by atoms with Gasteiger partial charge in [0.25, 0.3) is 0 Å². The number of benzene rings is 1. The number of hydrogen-bond donors (Lipinski definition) is 1. The number of aryl methyl sites for hydroxylation is 1. The van der Waals surface area contributed by atoms with Crippen LogP contribution in [0.1, 0.15) is 104 Å². The van der Waals surface area contributed by atoms with E-state index in [0.717, 1.165) is 12.0 Å². The van der Waals surface area contributed by atoms with Gasteiger partial charge in [-0.3, -0.25) is 0 Å². The van der Waals surface area contributed by atoms with Crippen molar-refractivity contribution in [3.05, 3.63) is 28.8 Å². The molecular weight excluding hydrogens is 280 g/mol. The monoisotopic (exact) mass is 318 g/mol. The van der Waals surface area contributed by atoms with Gasteiger partial charge in [0.1, 0.15) is 5.75 Å². The third kappa shape index (κ3) is 6.20. The Labute approximate surface area is 144 Å². The van der Waals surface area contributed by atoms with Crippen molar-refractivity contribution in [2.75, 3.05) is 0 Å². The van der Waals surface area contributed by atoms with Gasteiger partial charge in [0.2, 0.25) is 0 Å². The molecule has 0 heterocycles. The van der Waals surface area contributed by atoms with Crippen molar-refractivity contribution >= 4 is 0 Å². The van der Waals surface area contributed by atoms with E-state index < -0.39 is 0 Å². The van der Waals surface area contributed by atoms with E-state index in [2.05, 4.69) is 54.5 Å². The Kier molecular flexibility index (Phi) is 7.17. The quantitative estimate of drug-likeness (QED) is 0.543.